The van der Waals surface area contributed by atoms with Gasteiger partial charge in [-0.3, -0.25) is 8.80 Å². The van der Waals surface area contributed by atoms with Crippen LogP contribution in [0.4, 0.5) is 5.69 Å². The minimum absolute atomic E-state index is 0.625. The van der Waals surface area contributed by atoms with Crippen LogP contribution in [-0.4, -0.2) is 27.9 Å². The monoisotopic (exact) mass is 589 g/mol. The van der Waals surface area contributed by atoms with E-state index in [1.807, 2.05) is 36.4 Å². The molecule has 0 bridgehead atoms. The summed E-state index contributed by atoms with van der Waals surface area (Å²) in [5, 5.41) is 2.27. The molecular weight excluding hydrogens is 566 g/mol. The minimum Gasteiger partial charge on any atom is -0.309 e. The van der Waals surface area contributed by atoms with Crippen molar-refractivity contribution in [2.24, 2.45) is 0 Å². The van der Waals surface area contributed by atoms with Gasteiger partial charge in [0.15, 0.2) is 5.69 Å². The molecular formula is C39H23N7. The zero-order chi connectivity index (χ0) is 30.4. The second-order valence-corrected chi connectivity index (χ2v) is 11.5. The van der Waals surface area contributed by atoms with Gasteiger partial charge < -0.3 is 4.57 Å². The number of aromatic nitrogens is 6. The number of hydrogen-bond donors (Lipinski definition) is 0. The molecule has 0 fully saturated rings. The first-order valence-electron chi connectivity index (χ1n) is 15.1. The van der Waals surface area contributed by atoms with Gasteiger partial charge in [0.2, 0.25) is 11.6 Å². The van der Waals surface area contributed by atoms with Crippen LogP contribution in [0.2, 0.25) is 0 Å². The molecule has 10 aromatic rings. The second-order valence-electron chi connectivity index (χ2n) is 11.5. The normalized spacial score (nSPS) is 11.9. The summed E-state index contributed by atoms with van der Waals surface area (Å²) >= 11 is 0. The quantitative estimate of drug-likeness (QED) is 0.189. The minimum atomic E-state index is 0.625. The lowest BCUT2D eigenvalue weighted by Crippen LogP contribution is -2.02. The first kappa shape index (κ1) is 24.8. The Hall–Kier alpha value is -6.65. The fraction of sp³-hybridized carbons (Fsp3) is 0. The number of nitrogens with zero attached hydrogens (tertiary/aromatic N) is 7. The van der Waals surface area contributed by atoms with Crippen molar-refractivity contribution in [1.29, 1.82) is 0 Å². The van der Waals surface area contributed by atoms with Gasteiger partial charge in [-0.25, -0.2) is 19.4 Å². The van der Waals surface area contributed by atoms with Crippen molar-refractivity contribution < 1.29 is 0 Å². The molecule has 0 N–H and O–H groups in total. The summed E-state index contributed by atoms with van der Waals surface area (Å²) in [6.45, 7) is 7.40. The van der Waals surface area contributed by atoms with Crippen molar-refractivity contribution in [3.05, 3.63) is 151 Å². The van der Waals surface area contributed by atoms with Gasteiger partial charge in [-0.05, 0) is 72.8 Å². The van der Waals surface area contributed by atoms with Gasteiger partial charge in [0, 0.05) is 16.5 Å². The zero-order valence-electron chi connectivity index (χ0n) is 24.4. The Morgan fingerprint density at radius 3 is 1.54 bits per heavy atom. The molecule has 46 heavy (non-hydrogen) atoms. The van der Waals surface area contributed by atoms with E-state index in [0.717, 1.165) is 77.8 Å². The predicted molar refractivity (Wildman–Crippen MR) is 185 cm³/mol. The van der Waals surface area contributed by atoms with Crippen LogP contribution in [0.25, 0.3) is 82.7 Å². The van der Waals surface area contributed by atoms with Crippen LogP contribution in [0.1, 0.15) is 0 Å². The van der Waals surface area contributed by atoms with Crippen LogP contribution in [0.3, 0.4) is 0 Å². The largest absolute Gasteiger partial charge is 0.309 e. The van der Waals surface area contributed by atoms with Crippen LogP contribution < -0.4 is 0 Å². The molecule has 0 spiro atoms. The van der Waals surface area contributed by atoms with Crippen LogP contribution in [-0.2, 0) is 0 Å². The summed E-state index contributed by atoms with van der Waals surface area (Å²) in [7, 11) is 0. The van der Waals surface area contributed by atoms with E-state index in [1.165, 1.54) is 0 Å². The standard InChI is InChI=1S/C39H23N7/c1-40-25-18-20-26(21-19-25)43-32-13-5-2-10-28(32)29-24-27(22-23-33(29)43)44-38-41-30-11-3-6-14-34(30)45(38)36-16-8-9-17-37(36)46-35-15-7-4-12-31(35)42-39(44)46/h2-24H. The molecule has 0 aliphatic carbocycles. The van der Waals surface area contributed by atoms with Gasteiger partial charge in [-0.1, -0.05) is 66.7 Å². The van der Waals surface area contributed by atoms with Crippen molar-refractivity contribution in [3.8, 4) is 11.4 Å². The maximum Gasteiger partial charge on any atom is 0.223 e. The smallest absolute Gasteiger partial charge is 0.223 e. The van der Waals surface area contributed by atoms with Crippen molar-refractivity contribution in [3.63, 3.8) is 0 Å². The highest BCUT2D eigenvalue weighted by Crippen LogP contribution is 2.35. The first-order chi connectivity index (χ1) is 22.8. The van der Waals surface area contributed by atoms with Crippen LogP contribution >= 0.6 is 0 Å². The number of benzene rings is 6. The van der Waals surface area contributed by atoms with E-state index in [2.05, 4.69) is 126 Å². The Balaban J connectivity index is 1.40. The lowest BCUT2D eigenvalue weighted by Gasteiger charge is -2.10. The fourth-order valence-corrected chi connectivity index (χ4v) is 7.02. The van der Waals surface area contributed by atoms with Crippen molar-refractivity contribution in [2.75, 3.05) is 0 Å². The number of imidazole rings is 2. The summed E-state index contributed by atoms with van der Waals surface area (Å²) in [6, 6.07) is 47.9. The Kier molecular flexibility index (Phi) is 4.94. The average Bonchev–Trinajstić information content (AvgIpc) is 3.76. The van der Waals surface area contributed by atoms with Crippen molar-refractivity contribution in [2.45, 2.75) is 0 Å². The highest BCUT2D eigenvalue weighted by atomic mass is 15.3. The average molecular weight is 590 g/mol. The molecule has 6 aromatic carbocycles. The molecule has 0 atom stereocenters. The van der Waals surface area contributed by atoms with Gasteiger partial charge in [0.1, 0.15) is 0 Å². The van der Waals surface area contributed by atoms with Gasteiger partial charge in [0.05, 0.1) is 56.4 Å². The lowest BCUT2D eigenvalue weighted by atomic mass is 10.1. The molecule has 0 radical (unpaired) electrons. The number of para-hydroxylation sites is 7. The van der Waals surface area contributed by atoms with Crippen molar-refractivity contribution in [1.82, 2.24) is 27.9 Å². The Morgan fingerprint density at radius 2 is 0.935 bits per heavy atom. The molecule has 0 aliphatic heterocycles. The molecule has 4 aromatic heterocycles. The highest BCUT2D eigenvalue weighted by molar-refractivity contribution is 6.10. The summed E-state index contributed by atoms with van der Waals surface area (Å²) in [5.41, 5.74) is 10.8. The molecule has 7 heteroatoms. The Labute approximate surface area is 261 Å². The molecule has 7 nitrogen and oxygen atoms in total. The summed E-state index contributed by atoms with van der Waals surface area (Å²) in [5.74, 6) is 1.56. The predicted octanol–water partition coefficient (Wildman–Crippen LogP) is 9.44. The van der Waals surface area contributed by atoms with Crippen molar-refractivity contribution >= 4 is 72.1 Å². The van der Waals surface area contributed by atoms with Gasteiger partial charge >= 0.3 is 0 Å². The van der Waals surface area contributed by atoms with E-state index in [0.29, 0.717) is 5.69 Å². The van der Waals surface area contributed by atoms with Crippen LogP contribution in [0, 0.1) is 6.57 Å². The topological polar surface area (TPSA) is 48.8 Å². The molecule has 0 amide bonds. The molecule has 10 rings (SSSR count). The van der Waals surface area contributed by atoms with E-state index >= 15 is 0 Å². The summed E-state index contributed by atoms with van der Waals surface area (Å²) < 4.78 is 8.96. The molecule has 0 saturated carbocycles. The molecule has 0 unspecified atom stereocenters. The maximum absolute atomic E-state index is 7.40. The van der Waals surface area contributed by atoms with Gasteiger partial charge in [0.25, 0.3) is 0 Å². The number of rotatable bonds is 2. The van der Waals surface area contributed by atoms with Gasteiger partial charge in [-0.15, -0.1) is 0 Å². The first-order valence-corrected chi connectivity index (χ1v) is 15.1. The zero-order valence-corrected chi connectivity index (χ0v) is 24.4. The van der Waals surface area contributed by atoms with E-state index in [4.69, 9.17) is 16.5 Å². The lowest BCUT2D eigenvalue weighted by molar-refractivity contribution is 1.03. The SMILES string of the molecule is [C-]#[N+]c1ccc(-n2c3ccccc3c3cc(-n4c5nc6ccccc6n5c5ccccc5n5c6ccccc6nc45)ccc32)cc1. The van der Waals surface area contributed by atoms with Crippen LogP contribution in [0.15, 0.2) is 140 Å². The molecule has 0 saturated heterocycles. The van der Waals surface area contributed by atoms with Gasteiger partial charge in [-0.2, -0.15) is 0 Å². The Morgan fingerprint density at radius 1 is 0.435 bits per heavy atom. The molecule has 0 aliphatic rings. The third-order valence-electron chi connectivity index (χ3n) is 9.00. The third kappa shape index (κ3) is 3.30. The number of fused-ring (bicyclic) bond motifs is 12. The number of hydrogen-bond acceptors (Lipinski definition) is 2. The summed E-state index contributed by atoms with van der Waals surface area (Å²) in [4.78, 5) is 14.1. The van der Waals surface area contributed by atoms with E-state index in [-0.39, 0.29) is 0 Å². The second kappa shape index (κ2) is 9.18. The fourth-order valence-electron chi connectivity index (χ4n) is 7.02. The Bertz CT molecular complexity index is 2810. The van der Waals surface area contributed by atoms with Crippen LogP contribution in [0.5, 0.6) is 0 Å². The molecule has 214 valence electrons. The van der Waals surface area contributed by atoms with E-state index in [1.54, 1.807) is 0 Å². The summed E-state index contributed by atoms with van der Waals surface area (Å²) in [6.07, 6.45) is 0. The third-order valence-corrected chi connectivity index (χ3v) is 9.00. The molecule has 4 heterocycles. The maximum atomic E-state index is 7.40. The highest BCUT2D eigenvalue weighted by Gasteiger charge is 2.20. The van der Waals surface area contributed by atoms with E-state index in [9.17, 15) is 0 Å². The van der Waals surface area contributed by atoms with E-state index < -0.39 is 0 Å².